The van der Waals surface area contributed by atoms with E-state index in [1.165, 1.54) is 22.7 Å². The van der Waals surface area contributed by atoms with Crippen molar-refractivity contribution in [2.45, 2.75) is 13.0 Å². The van der Waals surface area contributed by atoms with Crippen LogP contribution in [0.2, 0.25) is 0 Å². The highest BCUT2D eigenvalue weighted by molar-refractivity contribution is 7.14. The molecule has 1 amide bonds. The number of nitrogens with zero attached hydrogens (tertiary/aromatic N) is 3. The number of pyridine rings is 1. The van der Waals surface area contributed by atoms with Gasteiger partial charge in [0.15, 0.2) is 5.13 Å². The Labute approximate surface area is 135 Å². The summed E-state index contributed by atoms with van der Waals surface area (Å²) in [6.07, 6.45) is 3.65. The van der Waals surface area contributed by atoms with E-state index in [2.05, 4.69) is 20.3 Å². The second kappa shape index (κ2) is 6.73. The molecular weight excluding hydrogens is 318 g/mol. The third kappa shape index (κ3) is 3.53. The van der Waals surface area contributed by atoms with E-state index in [-0.39, 0.29) is 12.3 Å². The number of aromatic nitrogens is 3. The number of anilines is 1. The Morgan fingerprint density at radius 1 is 1.18 bits per heavy atom. The molecule has 0 saturated heterocycles. The lowest BCUT2D eigenvalue weighted by atomic mass is 10.2. The van der Waals surface area contributed by atoms with Gasteiger partial charge in [-0.3, -0.25) is 9.78 Å². The number of rotatable bonds is 5. The molecule has 0 radical (unpaired) electrons. The Hall–Kier alpha value is -2.16. The van der Waals surface area contributed by atoms with Crippen molar-refractivity contribution < 1.29 is 4.79 Å². The molecule has 0 aromatic carbocycles. The molecule has 6 nitrogen and oxygen atoms in total. The summed E-state index contributed by atoms with van der Waals surface area (Å²) >= 11 is 2.86. The lowest BCUT2D eigenvalue weighted by Crippen LogP contribution is -2.14. The molecule has 112 valence electrons. The molecule has 0 aliphatic rings. The Morgan fingerprint density at radius 3 is 2.73 bits per heavy atom. The fourth-order valence-corrected chi connectivity index (χ4v) is 3.25. The Kier molecular flexibility index (Phi) is 4.52. The quantitative estimate of drug-likeness (QED) is 0.748. The second-order valence-electron chi connectivity index (χ2n) is 4.44. The number of thiazole rings is 2. The molecule has 0 fully saturated rings. The number of carbonyl (C=O) groups is 1. The lowest BCUT2D eigenvalue weighted by molar-refractivity contribution is -0.115. The van der Waals surface area contributed by atoms with Crippen LogP contribution in [0.5, 0.6) is 0 Å². The minimum Gasteiger partial charge on any atom is -0.325 e. The summed E-state index contributed by atoms with van der Waals surface area (Å²) in [6, 6.07) is 3.76. The van der Waals surface area contributed by atoms with Crippen molar-refractivity contribution in [3.63, 3.8) is 0 Å². The molecule has 3 aromatic heterocycles. The van der Waals surface area contributed by atoms with Crippen LogP contribution in [-0.4, -0.2) is 20.9 Å². The molecule has 3 rings (SSSR count). The highest BCUT2D eigenvalue weighted by atomic mass is 32.1. The molecule has 0 atom stereocenters. The van der Waals surface area contributed by atoms with E-state index < -0.39 is 0 Å². The summed E-state index contributed by atoms with van der Waals surface area (Å²) in [4.78, 5) is 24.7. The molecule has 0 bridgehead atoms. The third-order valence-electron chi connectivity index (χ3n) is 2.84. The van der Waals surface area contributed by atoms with E-state index in [1.807, 2.05) is 22.9 Å². The van der Waals surface area contributed by atoms with Crippen molar-refractivity contribution in [2.24, 2.45) is 5.73 Å². The average Bonchev–Trinajstić information content (AvgIpc) is 3.17. The van der Waals surface area contributed by atoms with Crippen molar-refractivity contribution in [3.05, 3.63) is 46.0 Å². The summed E-state index contributed by atoms with van der Waals surface area (Å²) in [7, 11) is 0. The molecule has 22 heavy (non-hydrogen) atoms. The van der Waals surface area contributed by atoms with E-state index in [9.17, 15) is 4.79 Å². The maximum absolute atomic E-state index is 12.0. The highest BCUT2D eigenvalue weighted by Gasteiger charge is 2.10. The smallest absolute Gasteiger partial charge is 0.232 e. The van der Waals surface area contributed by atoms with Crippen molar-refractivity contribution in [2.75, 3.05) is 5.32 Å². The summed E-state index contributed by atoms with van der Waals surface area (Å²) in [5.41, 5.74) is 8.03. The van der Waals surface area contributed by atoms with Crippen LogP contribution in [0.1, 0.15) is 10.7 Å². The van der Waals surface area contributed by atoms with E-state index in [4.69, 9.17) is 5.73 Å². The van der Waals surface area contributed by atoms with E-state index in [0.29, 0.717) is 11.7 Å². The molecule has 0 aliphatic carbocycles. The van der Waals surface area contributed by atoms with Gasteiger partial charge in [0.2, 0.25) is 5.91 Å². The lowest BCUT2D eigenvalue weighted by Gasteiger charge is -1.99. The van der Waals surface area contributed by atoms with Crippen LogP contribution >= 0.6 is 22.7 Å². The van der Waals surface area contributed by atoms with Gasteiger partial charge in [0.1, 0.15) is 5.01 Å². The Bertz CT molecular complexity index is 768. The second-order valence-corrected chi connectivity index (χ2v) is 6.24. The van der Waals surface area contributed by atoms with Gasteiger partial charge in [0.05, 0.1) is 17.8 Å². The number of nitrogens with two attached hydrogens (primary N) is 1. The van der Waals surface area contributed by atoms with E-state index in [1.54, 1.807) is 12.4 Å². The minimum absolute atomic E-state index is 0.135. The zero-order chi connectivity index (χ0) is 15.4. The van der Waals surface area contributed by atoms with Crippen LogP contribution in [0.15, 0.2) is 35.3 Å². The maximum Gasteiger partial charge on any atom is 0.232 e. The molecule has 0 aliphatic heterocycles. The van der Waals surface area contributed by atoms with Gasteiger partial charge in [0, 0.05) is 35.3 Å². The zero-order valence-electron chi connectivity index (χ0n) is 11.5. The summed E-state index contributed by atoms with van der Waals surface area (Å²) in [6.45, 7) is 0.397. The molecular formula is C14H13N5OS2. The first-order valence-corrected chi connectivity index (χ1v) is 8.29. The summed E-state index contributed by atoms with van der Waals surface area (Å²) in [5.74, 6) is -0.135. The Morgan fingerprint density at radius 2 is 2.00 bits per heavy atom. The molecule has 0 unspecified atom stereocenters. The van der Waals surface area contributed by atoms with Crippen LogP contribution in [0.4, 0.5) is 5.13 Å². The maximum atomic E-state index is 12.0. The molecule has 0 saturated carbocycles. The standard InChI is InChI=1S/C14H13N5OS2/c15-6-13-17-10(7-21-13)5-12(20)19-14-18-11(8-22-14)9-1-3-16-4-2-9/h1-4,7-8H,5-6,15H2,(H,18,19,20). The third-order valence-corrected chi connectivity index (χ3v) is 4.52. The van der Waals surface area contributed by atoms with Crippen molar-refractivity contribution in [1.29, 1.82) is 0 Å². The number of hydrogen-bond acceptors (Lipinski definition) is 7. The fraction of sp³-hybridized carbons (Fsp3) is 0.143. The number of hydrogen-bond donors (Lipinski definition) is 2. The van der Waals surface area contributed by atoms with E-state index >= 15 is 0 Å². The van der Waals surface area contributed by atoms with Crippen LogP contribution in [-0.2, 0) is 17.8 Å². The summed E-state index contributed by atoms with van der Waals surface area (Å²) < 4.78 is 0. The first kappa shape index (κ1) is 14.8. The van der Waals surface area contributed by atoms with Gasteiger partial charge in [-0.15, -0.1) is 22.7 Å². The first-order valence-electron chi connectivity index (χ1n) is 6.53. The first-order chi connectivity index (χ1) is 10.7. The summed E-state index contributed by atoms with van der Waals surface area (Å²) in [5, 5.41) is 7.96. The predicted molar refractivity (Wildman–Crippen MR) is 87.7 cm³/mol. The van der Waals surface area contributed by atoms with Gasteiger partial charge in [-0.25, -0.2) is 9.97 Å². The van der Waals surface area contributed by atoms with Gasteiger partial charge in [0.25, 0.3) is 0 Å². The molecule has 3 aromatic rings. The van der Waals surface area contributed by atoms with Gasteiger partial charge >= 0.3 is 0 Å². The SMILES string of the molecule is NCc1nc(CC(=O)Nc2nc(-c3ccncc3)cs2)cs1. The van der Waals surface area contributed by atoms with Crippen molar-refractivity contribution in [1.82, 2.24) is 15.0 Å². The minimum atomic E-state index is -0.135. The fourth-order valence-electron chi connectivity index (χ4n) is 1.84. The predicted octanol–water partition coefficient (Wildman–Crippen LogP) is 2.30. The van der Waals surface area contributed by atoms with Crippen molar-refractivity contribution in [3.8, 4) is 11.3 Å². The number of nitrogens with one attached hydrogen (secondary N) is 1. The average molecular weight is 331 g/mol. The van der Waals surface area contributed by atoms with Gasteiger partial charge in [-0.05, 0) is 12.1 Å². The van der Waals surface area contributed by atoms with Crippen molar-refractivity contribution >= 4 is 33.7 Å². The topological polar surface area (TPSA) is 93.8 Å². The number of amides is 1. The monoisotopic (exact) mass is 331 g/mol. The van der Waals surface area contributed by atoms with E-state index in [0.717, 1.165) is 22.0 Å². The van der Waals surface area contributed by atoms with Gasteiger partial charge < -0.3 is 11.1 Å². The molecule has 3 heterocycles. The Balaban J connectivity index is 1.63. The highest BCUT2D eigenvalue weighted by Crippen LogP contribution is 2.24. The largest absolute Gasteiger partial charge is 0.325 e. The molecule has 8 heteroatoms. The molecule has 3 N–H and O–H groups in total. The van der Waals surface area contributed by atoms with Gasteiger partial charge in [-0.1, -0.05) is 0 Å². The zero-order valence-corrected chi connectivity index (χ0v) is 13.2. The van der Waals surface area contributed by atoms with Crippen LogP contribution in [0.3, 0.4) is 0 Å². The molecule has 0 spiro atoms. The number of carbonyl (C=O) groups excluding carboxylic acids is 1. The van der Waals surface area contributed by atoms with Crippen LogP contribution < -0.4 is 11.1 Å². The normalized spacial score (nSPS) is 10.6. The van der Waals surface area contributed by atoms with Crippen LogP contribution in [0.25, 0.3) is 11.3 Å². The van der Waals surface area contributed by atoms with Gasteiger partial charge in [-0.2, -0.15) is 0 Å². The van der Waals surface area contributed by atoms with Crippen LogP contribution in [0, 0.1) is 0 Å².